The summed E-state index contributed by atoms with van der Waals surface area (Å²) in [5, 5.41) is 1.30. The Hall–Kier alpha value is -1.61. The fourth-order valence-corrected chi connectivity index (χ4v) is 1.63. The maximum Gasteiger partial charge on any atom is 0.204 e. The molecule has 0 amide bonds. The summed E-state index contributed by atoms with van der Waals surface area (Å²) >= 11 is 0. The first-order valence-electron chi connectivity index (χ1n) is 5.45. The molecule has 0 N–H and O–H groups in total. The average Bonchev–Trinajstić information content (AvgIpc) is 2.33. The molecule has 0 fully saturated rings. The third-order valence-corrected chi connectivity index (χ3v) is 2.68. The van der Waals surface area contributed by atoms with Gasteiger partial charge in [-0.05, 0) is 12.1 Å². The molecule has 0 bridgehead atoms. The highest BCUT2D eigenvalue weighted by molar-refractivity contribution is 5.88. The Kier molecular flexibility index (Phi) is 3.03. The summed E-state index contributed by atoms with van der Waals surface area (Å²) in [6, 6.07) is 10.3. The van der Waals surface area contributed by atoms with Gasteiger partial charge in [-0.1, -0.05) is 24.3 Å². The van der Waals surface area contributed by atoms with Crippen LogP contribution in [0, 0.1) is 5.82 Å². The van der Waals surface area contributed by atoms with E-state index in [2.05, 4.69) is 0 Å². The fourth-order valence-electron chi connectivity index (χ4n) is 1.63. The summed E-state index contributed by atoms with van der Waals surface area (Å²) < 4.78 is 24.5. The summed E-state index contributed by atoms with van der Waals surface area (Å²) in [6.45, 7) is 3.62. The molecule has 2 aromatic rings. The molecule has 0 atom stereocenters. The average molecular weight is 234 g/mol. The van der Waals surface area contributed by atoms with E-state index < -0.39 is 5.79 Å². The Labute approximate surface area is 100.0 Å². The van der Waals surface area contributed by atoms with E-state index in [0.29, 0.717) is 11.1 Å². The molecule has 0 unspecified atom stereocenters. The Morgan fingerprint density at radius 3 is 2.29 bits per heavy atom. The molecule has 0 heterocycles. The second kappa shape index (κ2) is 4.34. The van der Waals surface area contributed by atoms with Crippen molar-refractivity contribution in [1.29, 1.82) is 0 Å². The summed E-state index contributed by atoms with van der Waals surface area (Å²) in [5.41, 5.74) is 0. The van der Waals surface area contributed by atoms with E-state index in [1.165, 1.54) is 6.07 Å². The van der Waals surface area contributed by atoms with E-state index >= 15 is 0 Å². The fraction of sp³-hybridized carbons (Fsp3) is 0.286. The first kappa shape index (κ1) is 11.9. The number of rotatable bonds is 3. The second-order valence-corrected chi connectivity index (χ2v) is 4.30. The van der Waals surface area contributed by atoms with Crippen molar-refractivity contribution in [3.05, 3.63) is 42.2 Å². The summed E-state index contributed by atoms with van der Waals surface area (Å²) in [4.78, 5) is 0. The molecule has 0 aliphatic carbocycles. The van der Waals surface area contributed by atoms with Gasteiger partial charge < -0.3 is 9.47 Å². The molecule has 0 radical (unpaired) electrons. The number of benzene rings is 2. The quantitative estimate of drug-likeness (QED) is 0.753. The van der Waals surface area contributed by atoms with Crippen LogP contribution in [0.1, 0.15) is 13.8 Å². The molecule has 0 spiro atoms. The predicted octanol–water partition coefficient (Wildman–Crippen LogP) is 3.74. The molecule has 2 rings (SSSR count). The van der Waals surface area contributed by atoms with E-state index in [4.69, 9.17) is 9.47 Å². The highest BCUT2D eigenvalue weighted by atomic mass is 19.1. The molecule has 3 heteroatoms. The molecule has 17 heavy (non-hydrogen) atoms. The van der Waals surface area contributed by atoms with Crippen LogP contribution >= 0.6 is 0 Å². The molecule has 0 aromatic heterocycles. The van der Waals surface area contributed by atoms with Gasteiger partial charge in [-0.2, -0.15) is 0 Å². The lowest BCUT2D eigenvalue weighted by Crippen LogP contribution is -2.30. The number of fused-ring (bicyclic) bond motifs is 1. The number of methoxy groups -OCH3 is 1. The molecular weight excluding hydrogens is 219 g/mol. The molecule has 2 aromatic carbocycles. The minimum Gasteiger partial charge on any atom is -0.462 e. The van der Waals surface area contributed by atoms with Crippen LogP contribution in [-0.2, 0) is 4.74 Å². The van der Waals surface area contributed by atoms with Crippen LogP contribution in [-0.4, -0.2) is 12.9 Å². The van der Waals surface area contributed by atoms with Crippen molar-refractivity contribution in [2.45, 2.75) is 19.6 Å². The number of ether oxygens (including phenoxy) is 2. The third-order valence-electron chi connectivity index (χ3n) is 2.68. The van der Waals surface area contributed by atoms with E-state index in [-0.39, 0.29) is 5.82 Å². The molecular formula is C14H15FO2. The monoisotopic (exact) mass is 234 g/mol. The third kappa shape index (κ3) is 2.39. The second-order valence-electron chi connectivity index (χ2n) is 4.30. The van der Waals surface area contributed by atoms with Crippen molar-refractivity contribution in [2.75, 3.05) is 7.11 Å². The van der Waals surface area contributed by atoms with Gasteiger partial charge in [-0.15, -0.1) is 0 Å². The van der Waals surface area contributed by atoms with E-state index in [1.54, 1.807) is 25.3 Å². The Morgan fingerprint density at radius 1 is 1.00 bits per heavy atom. The van der Waals surface area contributed by atoms with Gasteiger partial charge in [-0.3, -0.25) is 0 Å². The zero-order chi connectivity index (χ0) is 12.5. The zero-order valence-electron chi connectivity index (χ0n) is 10.2. The van der Waals surface area contributed by atoms with Crippen molar-refractivity contribution < 1.29 is 13.9 Å². The van der Waals surface area contributed by atoms with Crippen LogP contribution in [0.25, 0.3) is 10.8 Å². The molecule has 0 aliphatic heterocycles. The number of hydrogen-bond donors (Lipinski definition) is 0. The van der Waals surface area contributed by atoms with Crippen molar-refractivity contribution >= 4 is 10.8 Å². The maximum absolute atomic E-state index is 13.6. The first-order chi connectivity index (χ1) is 8.03. The van der Waals surface area contributed by atoms with Crippen molar-refractivity contribution in [3.8, 4) is 5.75 Å². The lowest BCUT2D eigenvalue weighted by atomic mass is 10.1. The van der Waals surface area contributed by atoms with Crippen LogP contribution in [0.2, 0.25) is 0 Å². The predicted molar refractivity (Wildman–Crippen MR) is 65.6 cm³/mol. The van der Waals surface area contributed by atoms with E-state index in [1.807, 2.05) is 26.0 Å². The Bertz CT molecular complexity index is 535. The minimum atomic E-state index is -0.736. The largest absolute Gasteiger partial charge is 0.462 e. The normalized spacial score (nSPS) is 11.8. The smallest absolute Gasteiger partial charge is 0.204 e. The maximum atomic E-state index is 13.6. The number of hydrogen-bond acceptors (Lipinski definition) is 2. The van der Waals surface area contributed by atoms with Crippen molar-refractivity contribution in [3.63, 3.8) is 0 Å². The lowest BCUT2D eigenvalue weighted by molar-refractivity contribution is -0.133. The Balaban J connectivity index is 2.52. The van der Waals surface area contributed by atoms with Crippen molar-refractivity contribution in [1.82, 2.24) is 0 Å². The van der Waals surface area contributed by atoms with E-state index in [0.717, 1.165) is 5.39 Å². The van der Waals surface area contributed by atoms with Gasteiger partial charge in [0.1, 0.15) is 11.6 Å². The molecule has 0 saturated heterocycles. The van der Waals surface area contributed by atoms with Crippen LogP contribution in [0.15, 0.2) is 36.4 Å². The van der Waals surface area contributed by atoms with Gasteiger partial charge in [0.15, 0.2) is 0 Å². The molecule has 2 nitrogen and oxygen atoms in total. The molecule has 90 valence electrons. The lowest BCUT2D eigenvalue weighted by Gasteiger charge is -2.25. The van der Waals surface area contributed by atoms with Gasteiger partial charge in [0.2, 0.25) is 5.79 Å². The van der Waals surface area contributed by atoms with Gasteiger partial charge in [-0.25, -0.2) is 4.39 Å². The first-order valence-corrected chi connectivity index (χ1v) is 5.45. The highest BCUT2D eigenvalue weighted by Crippen LogP contribution is 2.30. The van der Waals surface area contributed by atoms with Gasteiger partial charge in [0.25, 0.3) is 0 Å². The van der Waals surface area contributed by atoms with Crippen LogP contribution in [0.4, 0.5) is 4.39 Å². The van der Waals surface area contributed by atoms with Crippen molar-refractivity contribution in [2.24, 2.45) is 0 Å². The summed E-state index contributed by atoms with van der Waals surface area (Å²) in [7, 11) is 1.58. The zero-order valence-corrected chi connectivity index (χ0v) is 10.2. The van der Waals surface area contributed by atoms with E-state index in [9.17, 15) is 4.39 Å². The SMILES string of the molecule is COC(C)(C)Oc1ccc(F)c2ccccc12. The molecule has 0 aliphatic rings. The van der Waals surface area contributed by atoms with Gasteiger partial charge in [0, 0.05) is 31.7 Å². The van der Waals surface area contributed by atoms with Crippen LogP contribution in [0.5, 0.6) is 5.75 Å². The van der Waals surface area contributed by atoms with Crippen LogP contribution in [0.3, 0.4) is 0 Å². The highest BCUT2D eigenvalue weighted by Gasteiger charge is 2.19. The summed E-state index contributed by atoms with van der Waals surface area (Å²) in [5.74, 6) is -0.363. The minimum absolute atomic E-state index is 0.247. The Morgan fingerprint density at radius 2 is 1.65 bits per heavy atom. The van der Waals surface area contributed by atoms with Crippen LogP contribution < -0.4 is 4.74 Å². The topological polar surface area (TPSA) is 18.5 Å². The molecule has 0 saturated carbocycles. The van der Waals surface area contributed by atoms with Gasteiger partial charge >= 0.3 is 0 Å². The summed E-state index contributed by atoms with van der Waals surface area (Å²) in [6.07, 6.45) is 0. The standard InChI is InChI=1S/C14H15FO2/c1-14(2,16-3)17-13-9-8-12(15)10-6-4-5-7-11(10)13/h4-9H,1-3H3. The van der Waals surface area contributed by atoms with Gasteiger partial charge in [0.05, 0.1) is 0 Å². The number of halogens is 1.